The number of aryl methyl sites for hydroxylation is 1. The lowest BCUT2D eigenvalue weighted by molar-refractivity contribution is -0.366. The minimum absolute atomic E-state index is 0.0782. The SMILES string of the molecule is Cc1ccccc1C(O)C(F)(C(F)(F)F)C(F)(F)F. The molecule has 8 heteroatoms. The van der Waals surface area contributed by atoms with Gasteiger partial charge in [-0.25, -0.2) is 4.39 Å². The summed E-state index contributed by atoms with van der Waals surface area (Å²) in [5.74, 6) is 0. The fourth-order valence-corrected chi connectivity index (χ4v) is 1.58. The van der Waals surface area contributed by atoms with Crippen molar-refractivity contribution in [3.05, 3.63) is 35.4 Å². The Morgan fingerprint density at radius 1 is 0.895 bits per heavy atom. The number of hydrogen-bond donors (Lipinski definition) is 1. The second kappa shape index (κ2) is 4.66. The molecule has 1 unspecified atom stereocenters. The van der Waals surface area contributed by atoms with Crippen LogP contribution in [-0.4, -0.2) is 23.1 Å². The van der Waals surface area contributed by atoms with Gasteiger partial charge >= 0.3 is 18.0 Å². The summed E-state index contributed by atoms with van der Waals surface area (Å²) in [6.07, 6.45) is -16.0. The number of alkyl halides is 7. The second-order valence-electron chi connectivity index (χ2n) is 3.97. The first kappa shape index (κ1) is 15.7. The molecule has 1 N–H and O–H groups in total. The molecule has 0 fully saturated rings. The second-order valence-corrected chi connectivity index (χ2v) is 3.97. The number of halogens is 7. The van der Waals surface area contributed by atoms with Crippen molar-refractivity contribution in [2.24, 2.45) is 0 Å². The summed E-state index contributed by atoms with van der Waals surface area (Å²) in [7, 11) is 0. The molecule has 0 saturated carbocycles. The van der Waals surface area contributed by atoms with Gasteiger partial charge in [0.25, 0.3) is 0 Å². The molecule has 0 heterocycles. The van der Waals surface area contributed by atoms with Crippen molar-refractivity contribution in [2.45, 2.75) is 31.0 Å². The van der Waals surface area contributed by atoms with Gasteiger partial charge in [-0.3, -0.25) is 0 Å². The zero-order valence-corrected chi connectivity index (χ0v) is 9.48. The molecule has 1 aromatic carbocycles. The molecule has 0 aromatic heterocycles. The highest BCUT2D eigenvalue weighted by molar-refractivity contribution is 5.31. The topological polar surface area (TPSA) is 20.2 Å². The Kier molecular flexibility index (Phi) is 3.86. The maximum Gasteiger partial charge on any atom is 0.434 e. The molecule has 0 amide bonds. The molecule has 0 saturated heterocycles. The molecule has 0 radical (unpaired) electrons. The standard InChI is InChI=1S/C11H9F7O/c1-6-4-2-3-5-7(6)8(19)9(12,10(13,14)15)11(16,17)18/h2-5,8,19H,1H3. The monoisotopic (exact) mass is 290 g/mol. The molecule has 0 aliphatic rings. The largest absolute Gasteiger partial charge is 0.434 e. The van der Waals surface area contributed by atoms with E-state index in [1.165, 1.54) is 19.1 Å². The summed E-state index contributed by atoms with van der Waals surface area (Å²) in [6.45, 7) is 1.17. The van der Waals surface area contributed by atoms with Crippen molar-refractivity contribution in [3.8, 4) is 0 Å². The van der Waals surface area contributed by atoms with Crippen LogP contribution in [0.3, 0.4) is 0 Å². The fourth-order valence-electron chi connectivity index (χ4n) is 1.58. The zero-order valence-electron chi connectivity index (χ0n) is 9.48. The summed E-state index contributed by atoms with van der Waals surface area (Å²) >= 11 is 0. The van der Waals surface area contributed by atoms with Gasteiger partial charge in [0.05, 0.1) is 0 Å². The number of aliphatic hydroxyl groups excluding tert-OH is 1. The molecular weight excluding hydrogens is 281 g/mol. The van der Waals surface area contributed by atoms with Crippen molar-refractivity contribution in [2.75, 3.05) is 0 Å². The van der Waals surface area contributed by atoms with Crippen LogP contribution in [0.5, 0.6) is 0 Å². The third-order valence-electron chi connectivity index (χ3n) is 2.68. The normalized spacial score (nSPS) is 15.4. The van der Waals surface area contributed by atoms with Crippen LogP contribution < -0.4 is 0 Å². The van der Waals surface area contributed by atoms with Crippen molar-refractivity contribution in [1.29, 1.82) is 0 Å². The molecule has 0 spiro atoms. The Labute approximate surface area is 103 Å². The minimum Gasteiger partial charge on any atom is -0.384 e. The van der Waals surface area contributed by atoms with Crippen LogP contribution in [-0.2, 0) is 0 Å². The summed E-state index contributed by atoms with van der Waals surface area (Å²) in [4.78, 5) is 0. The molecule has 108 valence electrons. The Morgan fingerprint density at radius 2 is 1.32 bits per heavy atom. The highest BCUT2D eigenvalue weighted by atomic mass is 19.4. The average Bonchev–Trinajstić information content (AvgIpc) is 2.24. The van der Waals surface area contributed by atoms with Gasteiger partial charge in [0.1, 0.15) is 6.10 Å². The van der Waals surface area contributed by atoms with E-state index >= 15 is 0 Å². The first-order valence-electron chi connectivity index (χ1n) is 4.99. The maximum atomic E-state index is 13.6. The Hall–Kier alpha value is -1.31. The lowest BCUT2D eigenvalue weighted by Crippen LogP contribution is -2.57. The maximum absolute atomic E-state index is 13.6. The molecule has 0 aliphatic heterocycles. The van der Waals surface area contributed by atoms with Gasteiger partial charge in [-0.15, -0.1) is 0 Å². The van der Waals surface area contributed by atoms with Crippen LogP contribution in [0.4, 0.5) is 30.7 Å². The van der Waals surface area contributed by atoms with E-state index in [2.05, 4.69) is 0 Å². The molecule has 1 rings (SSSR count). The molecule has 1 aromatic rings. The molecule has 1 nitrogen and oxygen atoms in total. The van der Waals surface area contributed by atoms with Crippen LogP contribution in [0.25, 0.3) is 0 Å². The average molecular weight is 290 g/mol. The van der Waals surface area contributed by atoms with E-state index in [9.17, 15) is 35.8 Å². The van der Waals surface area contributed by atoms with Gasteiger partial charge in [0.15, 0.2) is 0 Å². The molecular formula is C11H9F7O. The smallest absolute Gasteiger partial charge is 0.384 e. The minimum atomic E-state index is -6.28. The number of benzene rings is 1. The Balaban J connectivity index is 3.41. The van der Waals surface area contributed by atoms with Crippen LogP contribution in [0.1, 0.15) is 17.2 Å². The Morgan fingerprint density at radius 3 is 1.68 bits per heavy atom. The first-order valence-corrected chi connectivity index (χ1v) is 4.99. The predicted octanol–water partition coefficient (Wildman–Crippen LogP) is 3.86. The van der Waals surface area contributed by atoms with E-state index in [1.54, 1.807) is 0 Å². The highest BCUT2D eigenvalue weighted by Crippen LogP contribution is 2.53. The summed E-state index contributed by atoms with van der Waals surface area (Å²) in [6, 6.07) is 4.43. The number of rotatable bonds is 2. The first-order chi connectivity index (χ1) is 8.43. The summed E-state index contributed by atoms with van der Waals surface area (Å²) < 4.78 is 88.0. The molecule has 0 aliphatic carbocycles. The van der Waals surface area contributed by atoms with Crippen molar-refractivity contribution < 1.29 is 35.8 Å². The van der Waals surface area contributed by atoms with E-state index in [0.29, 0.717) is 0 Å². The van der Waals surface area contributed by atoms with E-state index in [4.69, 9.17) is 0 Å². The summed E-state index contributed by atoms with van der Waals surface area (Å²) in [5.41, 5.74) is -6.56. The lowest BCUT2D eigenvalue weighted by Gasteiger charge is -2.34. The van der Waals surface area contributed by atoms with E-state index in [-0.39, 0.29) is 5.56 Å². The highest BCUT2D eigenvalue weighted by Gasteiger charge is 2.76. The quantitative estimate of drug-likeness (QED) is 0.820. The van der Waals surface area contributed by atoms with Crippen molar-refractivity contribution in [3.63, 3.8) is 0 Å². The fraction of sp³-hybridized carbons (Fsp3) is 0.455. The van der Waals surface area contributed by atoms with Crippen LogP contribution >= 0.6 is 0 Å². The third-order valence-corrected chi connectivity index (χ3v) is 2.68. The van der Waals surface area contributed by atoms with Gasteiger partial charge in [-0.2, -0.15) is 26.3 Å². The third kappa shape index (κ3) is 2.54. The van der Waals surface area contributed by atoms with Crippen molar-refractivity contribution in [1.82, 2.24) is 0 Å². The predicted molar refractivity (Wildman–Crippen MR) is 52.1 cm³/mol. The van der Waals surface area contributed by atoms with Gasteiger partial charge in [-0.05, 0) is 18.1 Å². The van der Waals surface area contributed by atoms with Gasteiger partial charge in [0.2, 0.25) is 0 Å². The zero-order chi connectivity index (χ0) is 15.1. The summed E-state index contributed by atoms with van der Waals surface area (Å²) in [5, 5.41) is 9.28. The van der Waals surface area contributed by atoms with Crippen LogP contribution in [0.2, 0.25) is 0 Å². The Bertz CT molecular complexity index is 435. The van der Waals surface area contributed by atoms with E-state index < -0.39 is 29.7 Å². The van der Waals surface area contributed by atoms with Crippen LogP contribution in [0, 0.1) is 6.92 Å². The lowest BCUT2D eigenvalue weighted by atomic mass is 9.89. The number of aliphatic hydroxyl groups is 1. The van der Waals surface area contributed by atoms with E-state index in [1.807, 2.05) is 0 Å². The molecule has 0 bridgehead atoms. The van der Waals surface area contributed by atoms with E-state index in [0.717, 1.165) is 12.1 Å². The van der Waals surface area contributed by atoms with Crippen molar-refractivity contribution >= 4 is 0 Å². The van der Waals surface area contributed by atoms with Gasteiger partial charge in [-0.1, -0.05) is 24.3 Å². The van der Waals surface area contributed by atoms with Gasteiger partial charge in [0, 0.05) is 0 Å². The number of hydrogen-bond acceptors (Lipinski definition) is 1. The molecule has 1 atom stereocenters. The molecule has 19 heavy (non-hydrogen) atoms. The van der Waals surface area contributed by atoms with Gasteiger partial charge < -0.3 is 5.11 Å². The van der Waals surface area contributed by atoms with Crippen LogP contribution in [0.15, 0.2) is 24.3 Å².